The Morgan fingerprint density at radius 3 is 2.82 bits per heavy atom. The third-order valence-corrected chi connectivity index (χ3v) is 2.85. The summed E-state index contributed by atoms with van der Waals surface area (Å²) in [4.78, 5) is 0. The summed E-state index contributed by atoms with van der Waals surface area (Å²) in [6.45, 7) is 2.18. The van der Waals surface area contributed by atoms with Crippen molar-refractivity contribution in [3.63, 3.8) is 0 Å². The van der Waals surface area contributed by atoms with Gasteiger partial charge in [-0.25, -0.2) is 4.39 Å². The molecular weight excluding hydrogens is 141 g/mol. The molecule has 2 heteroatoms. The summed E-state index contributed by atoms with van der Waals surface area (Å²) in [5, 5.41) is 3.32. The first-order chi connectivity index (χ1) is 5.29. The smallest absolute Gasteiger partial charge is 0.111 e. The van der Waals surface area contributed by atoms with Gasteiger partial charge in [-0.1, -0.05) is 0 Å². The molecule has 0 radical (unpaired) electrons. The van der Waals surface area contributed by atoms with Crippen molar-refractivity contribution in [2.75, 3.05) is 13.1 Å². The number of halogens is 1. The highest BCUT2D eigenvalue weighted by Gasteiger charge is 2.44. The zero-order valence-corrected chi connectivity index (χ0v) is 6.91. The van der Waals surface area contributed by atoms with E-state index in [1.807, 2.05) is 0 Å². The molecule has 1 atom stereocenters. The number of piperidine rings is 1. The van der Waals surface area contributed by atoms with Gasteiger partial charge in [0, 0.05) is 0 Å². The van der Waals surface area contributed by atoms with Crippen LogP contribution in [0, 0.1) is 5.92 Å². The van der Waals surface area contributed by atoms with Crippen molar-refractivity contribution < 1.29 is 4.39 Å². The summed E-state index contributed by atoms with van der Waals surface area (Å²) in [7, 11) is 0. The van der Waals surface area contributed by atoms with Crippen LogP contribution < -0.4 is 5.32 Å². The maximum atomic E-state index is 13.3. The number of alkyl halides is 1. The molecule has 1 saturated carbocycles. The number of hydrogen-bond acceptors (Lipinski definition) is 1. The number of rotatable bonds is 2. The van der Waals surface area contributed by atoms with Crippen molar-refractivity contribution in [3.05, 3.63) is 0 Å². The normalized spacial score (nSPS) is 35.2. The molecule has 2 fully saturated rings. The highest BCUT2D eigenvalue weighted by molar-refractivity contribution is 4.96. The number of nitrogens with one attached hydrogen (secondary N) is 1. The Labute approximate surface area is 67.4 Å². The van der Waals surface area contributed by atoms with Crippen LogP contribution in [0.3, 0.4) is 0 Å². The molecule has 1 nitrogen and oxygen atoms in total. The zero-order chi connectivity index (χ0) is 7.73. The van der Waals surface area contributed by atoms with Gasteiger partial charge in [-0.15, -0.1) is 0 Å². The largest absolute Gasteiger partial charge is 0.316 e. The molecule has 0 amide bonds. The fourth-order valence-electron chi connectivity index (χ4n) is 1.96. The van der Waals surface area contributed by atoms with Gasteiger partial charge in [0.2, 0.25) is 0 Å². The molecule has 64 valence electrons. The SMILES string of the molecule is FC1(CC2CCCNC2)CC1. The predicted molar refractivity (Wildman–Crippen MR) is 43.3 cm³/mol. The third kappa shape index (κ3) is 1.92. The Morgan fingerprint density at radius 1 is 1.45 bits per heavy atom. The Hall–Kier alpha value is -0.110. The van der Waals surface area contributed by atoms with E-state index < -0.39 is 5.67 Å². The Bertz CT molecular complexity index is 136. The van der Waals surface area contributed by atoms with Crippen LogP contribution in [0.4, 0.5) is 4.39 Å². The summed E-state index contributed by atoms with van der Waals surface area (Å²) in [5.41, 5.74) is -0.732. The highest BCUT2D eigenvalue weighted by atomic mass is 19.1. The molecule has 0 spiro atoms. The van der Waals surface area contributed by atoms with E-state index in [1.165, 1.54) is 12.8 Å². The third-order valence-electron chi connectivity index (χ3n) is 2.85. The lowest BCUT2D eigenvalue weighted by Gasteiger charge is -2.23. The van der Waals surface area contributed by atoms with E-state index in [4.69, 9.17) is 0 Å². The van der Waals surface area contributed by atoms with Crippen molar-refractivity contribution in [2.24, 2.45) is 5.92 Å². The van der Waals surface area contributed by atoms with E-state index in [2.05, 4.69) is 5.32 Å². The number of hydrogen-bond donors (Lipinski definition) is 1. The maximum absolute atomic E-state index is 13.3. The minimum Gasteiger partial charge on any atom is -0.316 e. The first-order valence-corrected chi connectivity index (χ1v) is 4.68. The lowest BCUT2D eigenvalue weighted by Crippen LogP contribution is -2.31. The molecule has 0 aromatic carbocycles. The van der Waals surface area contributed by atoms with Gasteiger partial charge in [0.1, 0.15) is 5.67 Å². The monoisotopic (exact) mass is 157 g/mol. The molecule has 1 saturated heterocycles. The molecule has 0 bridgehead atoms. The molecule has 11 heavy (non-hydrogen) atoms. The average Bonchev–Trinajstić information content (AvgIpc) is 2.70. The summed E-state index contributed by atoms with van der Waals surface area (Å²) in [5.74, 6) is 0.622. The van der Waals surface area contributed by atoms with Crippen molar-refractivity contribution in [3.8, 4) is 0 Å². The standard InChI is InChI=1S/C9H16FN/c10-9(3-4-9)6-8-2-1-5-11-7-8/h8,11H,1-7H2. The Balaban J connectivity index is 1.76. The lowest BCUT2D eigenvalue weighted by atomic mass is 9.93. The zero-order valence-electron chi connectivity index (χ0n) is 6.91. The lowest BCUT2D eigenvalue weighted by molar-refractivity contribution is 0.220. The Kier molecular flexibility index (Phi) is 1.88. The van der Waals surface area contributed by atoms with E-state index in [9.17, 15) is 4.39 Å². The second kappa shape index (κ2) is 2.74. The summed E-state index contributed by atoms with van der Waals surface area (Å²) < 4.78 is 13.3. The Morgan fingerprint density at radius 2 is 2.27 bits per heavy atom. The van der Waals surface area contributed by atoms with Gasteiger partial charge in [0.05, 0.1) is 0 Å². The van der Waals surface area contributed by atoms with E-state index in [0.717, 1.165) is 32.4 Å². The summed E-state index contributed by atoms with van der Waals surface area (Å²) in [6, 6.07) is 0. The van der Waals surface area contributed by atoms with Crippen LogP contribution in [-0.4, -0.2) is 18.8 Å². The molecule has 1 aliphatic carbocycles. The summed E-state index contributed by atoms with van der Waals surface area (Å²) in [6.07, 6.45) is 4.94. The molecule has 0 aromatic heterocycles. The molecule has 2 rings (SSSR count). The molecule has 1 heterocycles. The molecule has 1 N–H and O–H groups in total. The maximum Gasteiger partial charge on any atom is 0.111 e. The van der Waals surface area contributed by atoms with Crippen molar-refractivity contribution in [1.82, 2.24) is 5.32 Å². The first-order valence-electron chi connectivity index (χ1n) is 4.68. The van der Waals surface area contributed by atoms with Gasteiger partial charge >= 0.3 is 0 Å². The first kappa shape index (κ1) is 7.53. The molecule has 0 aromatic rings. The fraction of sp³-hybridized carbons (Fsp3) is 1.00. The van der Waals surface area contributed by atoms with Crippen LogP contribution in [0.1, 0.15) is 32.1 Å². The quantitative estimate of drug-likeness (QED) is 0.645. The summed E-state index contributed by atoms with van der Waals surface area (Å²) >= 11 is 0. The predicted octanol–water partition coefficient (Wildman–Crippen LogP) is 1.88. The van der Waals surface area contributed by atoms with Gasteiger partial charge in [-0.3, -0.25) is 0 Å². The van der Waals surface area contributed by atoms with Crippen LogP contribution in [0.25, 0.3) is 0 Å². The topological polar surface area (TPSA) is 12.0 Å². The van der Waals surface area contributed by atoms with Gasteiger partial charge in [-0.2, -0.15) is 0 Å². The van der Waals surface area contributed by atoms with Crippen LogP contribution in [-0.2, 0) is 0 Å². The molecule has 2 aliphatic rings. The van der Waals surface area contributed by atoms with E-state index in [-0.39, 0.29) is 0 Å². The second-order valence-electron chi connectivity index (χ2n) is 4.07. The van der Waals surface area contributed by atoms with Crippen LogP contribution in [0.2, 0.25) is 0 Å². The van der Waals surface area contributed by atoms with E-state index >= 15 is 0 Å². The van der Waals surface area contributed by atoms with Crippen LogP contribution in [0.15, 0.2) is 0 Å². The molecule has 1 unspecified atom stereocenters. The van der Waals surface area contributed by atoms with Crippen molar-refractivity contribution in [1.29, 1.82) is 0 Å². The fourth-order valence-corrected chi connectivity index (χ4v) is 1.96. The molecular formula is C9H16FN. The van der Waals surface area contributed by atoms with Crippen LogP contribution >= 0.6 is 0 Å². The van der Waals surface area contributed by atoms with Gasteiger partial charge in [0.25, 0.3) is 0 Å². The van der Waals surface area contributed by atoms with Crippen LogP contribution in [0.5, 0.6) is 0 Å². The highest BCUT2D eigenvalue weighted by Crippen LogP contribution is 2.45. The second-order valence-corrected chi connectivity index (χ2v) is 4.07. The van der Waals surface area contributed by atoms with Crippen molar-refractivity contribution >= 4 is 0 Å². The van der Waals surface area contributed by atoms with Gasteiger partial charge in [-0.05, 0) is 51.1 Å². The van der Waals surface area contributed by atoms with Gasteiger partial charge < -0.3 is 5.32 Å². The average molecular weight is 157 g/mol. The van der Waals surface area contributed by atoms with Crippen molar-refractivity contribution in [2.45, 2.75) is 37.8 Å². The minimum absolute atomic E-state index is 0.622. The van der Waals surface area contributed by atoms with E-state index in [0.29, 0.717) is 5.92 Å². The minimum atomic E-state index is -0.732. The molecule has 1 aliphatic heterocycles. The van der Waals surface area contributed by atoms with E-state index in [1.54, 1.807) is 0 Å². The van der Waals surface area contributed by atoms with Gasteiger partial charge in [0.15, 0.2) is 0 Å².